The highest BCUT2D eigenvalue weighted by atomic mass is 16.2. The highest BCUT2D eigenvalue weighted by molar-refractivity contribution is 5.74. The third-order valence-electron chi connectivity index (χ3n) is 3.10. The van der Waals surface area contributed by atoms with E-state index in [0.29, 0.717) is 6.54 Å². The lowest BCUT2D eigenvalue weighted by Crippen LogP contribution is -2.40. The van der Waals surface area contributed by atoms with Gasteiger partial charge in [0.05, 0.1) is 6.04 Å². The highest BCUT2D eigenvalue weighted by Gasteiger charge is 2.22. The van der Waals surface area contributed by atoms with Crippen molar-refractivity contribution in [2.75, 3.05) is 20.1 Å². The fourth-order valence-corrected chi connectivity index (χ4v) is 2.22. The number of hydrogen-bond donors (Lipinski definition) is 3. The lowest BCUT2D eigenvalue weighted by Gasteiger charge is -2.14. The second-order valence-corrected chi connectivity index (χ2v) is 4.29. The number of aryl methyl sites for hydroxylation is 1. The number of carbonyl (C=O) groups is 1. The number of fused-ring (bicyclic) bond motifs is 1. The molecule has 1 aliphatic carbocycles. The average molecular weight is 233 g/mol. The predicted octanol–water partition coefficient (Wildman–Crippen LogP) is 1.19. The monoisotopic (exact) mass is 233 g/mol. The van der Waals surface area contributed by atoms with E-state index in [2.05, 4.69) is 28.1 Å². The summed E-state index contributed by atoms with van der Waals surface area (Å²) < 4.78 is 0. The van der Waals surface area contributed by atoms with Crippen molar-refractivity contribution in [1.82, 2.24) is 16.0 Å². The van der Waals surface area contributed by atoms with Crippen LogP contribution in [0.2, 0.25) is 0 Å². The summed E-state index contributed by atoms with van der Waals surface area (Å²) in [6.07, 6.45) is 2.05. The lowest BCUT2D eigenvalue weighted by atomic mass is 10.1. The summed E-state index contributed by atoms with van der Waals surface area (Å²) in [5.41, 5.74) is 2.62. The number of urea groups is 1. The molecule has 0 bridgehead atoms. The Morgan fingerprint density at radius 2 is 2.18 bits per heavy atom. The zero-order chi connectivity index (χ0) is 12.1. The van der Waals surface area contributed by atoms with Gasteiger partial charge in [0.15, 0.2) is 0 Å². The summed E-state index contributed by atoms with van der Waals surface area (Å²) in [5, 5.41) is 8.83. The molecule has 2 amide bonds. The summed E-state index contributed by atoms with van der Waals surface area (Å²) in [4.78, 5) is 11.6. The maximum absolute atomic E-state index is 11.6. The fourth-order valence-electron chi connectivity index (χ4n) is 2.22. The Bertz CT molecular complexity index is 392. The van der Waals surface area contributed by atoms with Gasteiger partial charge in [-0.3, -0.25) is 0 Å². The molecule has 92 valence electrons. The maximum atomic E-state index is 11.6. The van der Waals surface area contributed by atoms with Crippen LogP contribution in [0, 0.1) is 0 Å². The van der Waals surface area contributed by atoms with E-state index in [-0.39, 0.29) is 12.1 Å². The smallest absolute Gasteiger partial charge is 0.315 e. The Morgan fingerprint density at radius 1 is 1.35 bits per heavy atom. The van der Waals surface area contributed by atoms with Crippen LogP contribution in [0.5, 0.6) is 0 Å². The Hall–Kier alpha value is -1.55. The largest absolute Gasteiger partial charge is 0.337 e. The molecule has 0 aliphatic heterocycles. The molecule has 0 spiro atoms. The first-order valence-electron chi connectivity index (χ1n) is 6.08. The van der Waals surface area contributed by atoms with Gasteiger partial charge in [0.25, 0.3) is 0 Å². The molecule has 1 atom stereocenters. The van der Waals surface area contributed by atoms with Crippen LogP contribution in [0.25, 0.3) is 0 Å². The zero-order valence-electron chi connectivity index (χ0n) is 10.1. The molecular weight excluding hydrogens is 214 g/mol. The number of nitrogens with one attached hydrogen (secondary N) is 3. The van der Waals surface area contributed by atoms with E-state index >= 15 is 0 Å². The average Bonchev–Trinajstić information content (AvgIpc) is 2.73. The third kappa shape index (κ3) is 2.97. The van der Waals surface area contributed by atoms with Crippen LogP contribution in [-0.2, 0) is 6.42 Å². The normalized spacial score (nSPS) is 17.6. The van der Waals surface area contributed by atoms with E-state index in [9.17, 15) is 4.79 Å². The molecule has 0 saturated carbocycles. The van der Waals surface area contributed by atoms with Gasteiger partial charge in [-0.05, 0) is 31.0 Å². The van der Waals surface area contributed by atoms with E-state index < -0.39 is 0 Å². The van der Waals surface area contributed by atoms with Crippen LogP contribution in [0.3, 0.4) is 0 Å². The number of hydrogen-bond acceptors (Lipinski definition) is 2. The molecule has 17 heavy (non-hydrogen) atoms. The first-order valence-corrected chi connectivity index (χ1v) is 6.08. The van der Waals surface area contributed by atoms with E-state index in [1.165, 1.54) is 11.1 Å². The summed E-state index contributed by atoms with van der Waals surface area (Å²) >= 11 is 0. The van der Waals surface area contributed by atoms with Gasteiger partial charge in [0, 0.05) is 13.1 Å². The van der Waals surface area contributed by atoms with Crippen LogP contribution in [0.1, 0.15) is 23.6 Å². The van der Waals surface area contributed by atoms with Gasteiger partial charge in [0.1, 0.15) is 0 Å². The second kappa shape index (κ2) is 5.68. The number of rotatable bonds is 4. The van der Waals surface area contributed by atoms with Gasteiger partial charge in [0.2, 0.25) is 0 Å². The maximum Gasteiger partial charge on any atom is 0.315 e. The van der Waals surface area contributed by atoms with Crippen molar-refractivity contribution >= 4 is 6.03 Å². The highest BCUT2D eigenvalue weighted by Crippen LogP contribution is 2.30. The van der Waals surface area contributed by atoms with E-state index in [4.69, 9.17) is 0 Å². The lowest BCUT2D eigenvalue weighted by molar-refractivity contribution is 0.237. The van der Waals surface area contributed by atoms with Crippen molar-refractivity contribution in [2.24, 2.45) is 0 Å². The Kier molecular flexibility index (Phi) is 3.98. The predicted molar refractivity (Wildman–Crippen MR) is 68.0 cm³/mol. The molecule has 1 aromatic carbocycles. The molecule has 4 nitrogen and oxygen atoms in total. The quantitative estimate of drug-likeness (QED) is 0.684. The Morgan fingerprint density at radius 3 is 3.00 bits per heavy atom. The molecule has 1 aromatic rings. The number of amides is 2. The molecule has 4 heteroatoms. The van der Waals surface area contributed by atoms with E-state index in [1.807, 2.05) is 19.2 Å². The van der Waals surface area contributed by atoms with Crippen LogP contribution in [-0.4, -0.2) is 26.2 Å². The molecule has 0 fully saturated rings. The summed E-state index contributed by atoms with van der Waals surface area (Å²) in [5.74, 6) is 0. The van der Waals surface area contributed by atoms with Crippen molar-refractivity contribution in [1.29, 1.82) is 0 Å². The SMILES string of the molecule is CNCCNC(=O)NC1CCc2ccccc21. The van der Waals surface area contributed by atoms with E-state index in [1.54, 1.807) is 0 Å². The minimum atomic E-state index is -0.0815. The van der Waals surface area contributed by atoms with Gasteiger partial charge in [-0.1, -0.05) is 24.3 Å². The number of likely N-dealkylation sites (N-methyl/N-ethyl adjacent to an activating group) is 1. The Balaban J connectivity index is 1.87. The van der Waals surface area contributed by atoms with Gasteiger partial charge in [-0.25, -0.2) is 4.79 Å². The number of benzene rings is 1. The van der Waals surface area contributed by atoms with Crippen LogP contribution < -0.4 is 16.0 Å². The van der Waals surface area contributed by atoms with Gasteiger partial charge >= 0.3 is 6.03 Å². The minimum Gasteiger partial charge on any atom is -0.337 e. The number of carbonyl (C=O) groups excluding carboxylic acids is 1. The Labute approximate surface area is 102 Å². The van der Waals surface area contributed by atoms with Crippen molar-refractivity contribution < 1.29 is 4.79 Å². The first-order chi connectivity index (χ1) is 8.31. The topological polar surface area (TPSA) is 53.2 Å². The molecule has 0 radical (unpaired) electrons. The van der Waals surface area contributed by atoms with Crippen LogP contribution >= 0.6 is 0 Å². The molecule has 1 aliphatic rings. The first kappa shape index (κ1) is 11.9. The fraction of sp³-hybridized carbons (Fsp3) is 0.462. The summed E-state index contributed by atoms with van der Waals surface area (Å²) in [6, 6.07) is 8.39. The molecule has 3 N–H and O–H groups in total. The van der Waals surface area contributed by atoms with Crippen molar-refractivity contribution in [3.63, 3.8) is 0 Å². The zero-order valence-corrected chi connectivity index (χ0v) is 10.1. The second-order valence-electron chi connectivity index (χ2n) is 4.29. The van der Waals surface area contributed by atoms with Crippen LogP contribution in [0.4, 0.5) is 4.79 Å². The molecule has 0 saturated heterocycles. The third-order valence-corrected chi connectivity index (χ3v) is 3.10. The summed E-state index contributed by atoms with van der Waals surface area (Å²) in [7, 11) is 1.87. The van der Waals surface area contributed by atoms with Gasteiger partial charge in [-0.15, -0.1) is 0 Å². The van der Waals surface area contributed by atoms with Crippen molar-refractivity contribution in [3.05, 3.63) is 35.4 Å². The molecule has 0 heterocycles. The van der Waals surface area contributed by atoms with Crippen molar-refractivity contribution in [3.8, 4) is 0 Å². The minimum absolute atomic E-state index is 0.0815. The van der Waals surface area contributed by atoms with Gasteiger partial charge in [-0.2, -0.15) is 0 Å². The molecule has 0 aromatic heterocycles. The standard InChI is InChI=1S/C13H19N3O/c1-14-8-9-15-13(17)16-12-7-6-10-4-2-3-5-11(10)12/h2-5,12,14H,6-9H2,1H3,(H2,15,16,17). The van der Waals surface area contributed by atoms with E-state index in [0.717, 1.165) is 19.4 Å². The van der Waals surface area contributed by atoms with Crippen LogP contribution in [0.15, 0.2) is 24.3 Å². The van der Waals surface area contributed by atoms with Crippen molar-refractivity contribution in [2.45, 2.75) is 18.9 Å². The molecular formula is C13H19N3O. The molecule has 1 unspecified atom stereocenters. The summed E-state index contributed by atoms with van der Waals surface area (Å²) in [6.45, 7) is 1.44. The molecule has 2 rings (SSSR count). The van der Waals surface area contributed by atoms with Gasteiger partial charge < -0.3 is 16.0 Å².